The molecule has 132 valence electrons. The first-order valence-corrected chi connectivity index (χ1v) is 8.14. The predicted molar refractivity (Wildman–Crippen MR) is 101 cm³/mol. The molecule has 0 fully saturated rings. The average molecular weight is 360 g/mol. The fraction of sp³-hybridized carbons (Fsp3) is 0.263. The Morgan fingerprint density at radius 2 is 1.80 bits per heavy atom. The van der Waals surface area contributed by atoms with Crippen LogP contribution in [0.25, 0.3) is 0 Å². The van der Waals surface area contributed by atoms with Crippen molar-refractivity contribution in [2.75, 3.05) is 18.0 Å². The van der Waals surface area contributed by atoms with E-state index in [2.05, 4.69) is 5.32 Å². The number of halogens is 1. The molecule has 3 N–H and O–H groups in total. The molecule has 0 unspecified atom stereocenters. The molecule has 6 heteroatoms. The van der Waals surface area contributed by atoms with Crippen LogP contribution in [0.4, 0.5) is 5.69 Å². The number of aryl methyl sites for hydroxylation is 1. The standard InChI is InChI=1S/C19H21N3O2.ClH/c20-12-14-7-9-16(10-8-14)19(24)21-13-18(23)22-11-3-5-15-4-1-2-6-17(15)22;/h1-2,4,6-10H,3,5,11-13,20H2,(H,21,24);1H. The third-order valence-electron chi connectivity index (χ3n) is 4.26. The van der Waals surface area contributed by atoms with E-state index in [-0.39, 0.29) is 30.8 Å². The lowest BCUT2D eigenvalue weighted by atomic mass is 10.0. The minimum atomic E-state index is -0.253. The monoisotopic (exact) mass is 359 g/mol. The summed E-state index contributed by atoms with van der Waals surface area (Å²) in [4.78, 5) is 26.4. The topological polar surface area (TPSA) is 75.4 Å². The van der Waals surface area contributed by atoms with Gasteiger partial charge in [-0.2, -0.15) is 0 Å². The summed E-state index contributed by atoms with van der Waals surface area (Å²) < 4.78 is 0. The van der Waals surface area contributed by atoms with Gasteiger partial charge in [0.2, 0.25) is 5.91 Å². The van der Waals surface area contributed by atoms with E-state index in [1.807, 2.05) is 36.4 Å². The molecule has 2 amide bonds. The Morgan fingerprint density at radius 3 is 2.52 bits per heavy atom. The largest absolute Gasteiger partial charge is 0.343 e. The molecular formula is C19H22ClN3O2. The van der Waals surface area contributed by atoms with Gasteiger partial charge in [-0.1, -0.05) is 30.3 Å². The Bertz CT molecular complexity index is 747. The molecular weight excluding hydrogens is 338 g/mol. The second-order valence-electron chi connectivity index (χ2n) is 5.86. The Hall–Kier alpha value is -2.37. The maximum atomic E-state index is 12.5. The van der Waals surface area contributed by atoms with Crippen molar-refractivity contribution in [3.63, 3.8) is 0 Å². The highest BCUT2D eigenvalue weighted by atomic mass is 35.5. The van der Waals surface area contributed by atoms with Crippen LogP contribution >= 0.6 is 12.4 Å². The van der Waals surface area contributed by atoms with Gasteiger partial charge >= 0.3 is 0 Å². The van der Waals surface area contributed by atoms with Crippen LogP contribution in [0.1, 0.15) is 27.9 Å². The highest BCUT2D eigenvalue weighted by Crippen LogP contribution is 2.26. The van der Waals surface area contributed by atoms with Crippen molar-refractivity contribution < 1.29 is 9.59 Å². The van der Waals surface area contributed by atoms with Gasteiger partial charge in [0.15, 0.2) is 0 Å². The molecule has 0 saturated heterocycles. The first-order chi connectivity index (χ1) is 11.7. The number of hydrogen-bond donors (Lipinski definition) is 2. The molecule has 1 aliphatic heterocycles. The Balaban J connectivity index is 0.00000225. The van der Waals surface area contributed by atoms with E-state index in [0.29, 0.717) is 18.7 Å². The van der Waals surface area contributed by atoms with Gasteiger partial charge in [-0.25, -0.2) is 0 Å². The lowest BCUT2D eigenvalue weighted by Gasteiger charge is -2.29. The van der Waals surface area contributed by atoms with Crippen LogP contribution in [-0.2, 0) is 17.8 Å². The number of benzene rings is 2. The zero-order valence-electron chi connectivity index (χ0n) is 13.9. The zero-order valence-corrected chi connectivity index (χ0v) is 14.7. The molecule has 25 heavy (non-hydrogen) atoms. The molecule has 0 spiro atoms. The number of carbonyl (C=O) groups excluding carboxylic acids is 2. The molecule has 2 aromatic rings. The quantitative estimate of drug-likeness (QED) is 0.879. The van der Waals surface area contributed by atoms with Crippen molar-refractivity contribution >= 4 is 29.9 Å². The van der Waals surface area contributed by atoms with Crippen LogP contribution in [0.15, 0.2) is 48.5 Å². The number of fused-ring (bicyclic) bond motifs is 1. The third-order valence-corrected chi connectivity index (χ3v) is 4.26. The summed E-state index contributed by atoms with van der Waals surface area (Å²) >= 11 is 0. The minimum absolute atomic E-state index is 0. The predicted octanol–water partition coefficient (Wildman–Crippen LogP) is 2.28. The Kier molecular flexibility index (Phi) is 6.56. The van der Waals surface area contributed by atoms with Gasteiger partial charge in [-0.05, 0) is 42.2 Å². The summed E-state index contributed by atoms with van der Waals surface area (Å²) in [5.41, 5.74) is 9.17. The van der Waals surface area contributed by atoms with Crippen LogP contribution in [0, 0.1) is 0 Å². The Labute approximate surface area is 153 Å². The van der Waals surface area contributed by atoms with Crippen molar-refractivity contribution in [3.8, 4) is 0 Å². The van der Waals surface area contributed by atoms with Crippen molar-refractivity contribution in [2.45, 2.75) is 19.4 Å². The molecule has 0 atom stereocenters. The average Bonchev–Trinajstić information content (AvgIpc) is 2.65. The number of anilines is 1. The van der Waals surface area contributed by atoms with Gasteiger partial charge in [0.05, 0.1) is 6.54 Å². The number of nitrogens with zero attached hydrogens (tertiary/aromatic N) is 1. The number of carbonyl (C=O) groups is 2. The number of nitrogens with one attached hydrogen (secondary N) is 1. The summed E-state index contributed by atoms with van der Waals surface area (Å²) in [5.74, 6) is -0.341. The molecule has 0 aliphatic carbocycles. The molecule has 0 saturated carbocycles. The number of hydrogen-bond acceptors (Lipinski definition) is 3. The van der Waals surface area contributed by atoms with Gasteiger partial charge in [0.25, 0.3) is 5.91 Å². The van der Waals surface area contributed by atoms with Gasteiger partial charge in [0.1, 0.15) is 0 Å². The Morgan fingerprint density at radius 1 is 1.08 bits per heavy atom. The number of para-hydroxylation sites is 1. The summed E-state index contributed by atoms with van der Waals surface area (Å²) in [6.07, 6.45) is 1.93. The van der Waals surface area contributed by atoms with Crippen molar-refractivity contribution in [1.82, 2.24) is 5.32 Å². The smallest absolute Gasteiger partial charge is 0.251 e. The van der Waals surface area contributed by atoms with Gasteiger partial charge in [0, 0.05) is 24.3 Å². The molecule has 1 heterocycles. The van der Waals surface area contributed by atoms with Crippen molar-refractivity contribution in [3.05, 3.63) is 65.2 Å². The van der Waals surface area contributed by atoms with E-state index in [4.69, 9.17) is 5.73 Å². The van der Waals surface area contributed by atoms with E-state index in [1.54, 1.807) is 17.0 Å². The van der Waals surface area contributed by atoms with Crippen molar-refractivity contribution in [1.29, 1.82) is 0 Å². The van der Waals surface area contributed by atoms with Crippen LogP contribution < -0.4 is 16.0 Å². The molecule has 0 bridgehead atoms. The summed E-state index contributed by atoms with van der Waals surface area (Å²) in [6.45, 7) is 1.12. The number of amides is 2. The fourth-order valence-corrected chi connectivity index (χ4v) is 2.94. The van der Waals surface area contributed by atoms with Crippen molar-refractivity contribution in [2.24, 2.45) is 5.73 Å². The van der Waals surface area contributed by atoms with E-state index < -0.39 is 0 Å². The second-order valence-corrected chi connectivity index (χ2v) is 5.86. The van der Waals surface area contributed by atoms with Crippen LogP contribution in [-0.4, -0.2) is 24.9 Å². The summed E-state index contributed by atoms with van der Waals surface area (Å²) in [6, 6.07) is 15.0. The van der Waals surface area contributed by atoms with Gasteiger partial charge in [-0.3, -0.25) is 9.59 Å². The van der Waals surface area contributed by atoms with Gasteiger partial charge < -0.3 is 16.0 Å². The normalized spacial score (nSPS) is 12.8. The van der Waals surface area contributed by atoms with E-state index in [9.17, 15) is 9.59 Å². The number of rotatable bonds is 4. The maximum absolute atomic E-state index is 12.5. The van der Waals surface area contributed by atoms with E-state index in [0.717, 1.165) is 24.1 Å². The maximum Gasteiger partial charge on any atom is 0.251 e. The molecule has 0 aromatic heterocycles. The molecule has 0 radical (unpaired) electrons. The zero-order chi connectivity index (χ0) is 16.9. The highest BCUT2D eigenvalue weighted by molar-refractivity contribution is 6.00. The SMILES string of the molecule is Cl.NCc1ccc(C(=O)NCC(=O)N2CCCc3ccccc32)cc1. The minimum Gasteiger partial charge on any atom is -0.343 e. The summed E-state index contributed by atoms with van der Waals surface area (Å²) in [5, 5.41) is 2.70. The first kappa shape index (κ1) is 19.0. The number of nitrogens with two attached hydrogens (primary N) is 1. The second kappa shape index (κ2) is 8.65. The fourth-order valence-electron chi connectivity index (χ4n) is 2.94. The van der Waals surface area contributed by atoms with E-state index >= 15 is 0 Å². The first-order valence-electron chi connectivity index (χ1n) is 8.14. The lowest BCUT2D eigenvalue weighted by molar-refractivity contribution is -0.117. The van der Waals surface area contributed by atoms with E-state index in [1.165, 1.54) is 5.56 Å². The van der Waals surface area contributed by atoms with Crippen LogP contribution in [0.3, 0.4) is 0 Å². The van der Waals surface area contributed by atoms with Crippen LogP contribution in [0.2, 0.25) is 0 Å². The lowest BCUT2D eigenvalue weighted by Crippen LogP contribution is -2.42. The highest BCUT2D eigenvalue weighted by Gasteiger charge is 2.22. The summed E-state index contributed by atoms with van der Waals surface area (Å²) in [7, 11) is 0. The molecule has 5 nitrogen and oxygen atoms in total. The molecule has 1 aliphatic rings. The molecule has 3 rings (SSSR count). The van der Waals surface area contributed by atoms with Crippen LogP contribution in [0.5, 0.6) is 0 Å². The third kappa shape index (κ3) is 4.38. The molecule has 2 aromatic carbocycles. The van der Waals surface area contributed by atoms with Gasteiger partial charge in [-0.15, -0.1) is 12.4 Å².